The zero-order chi connectivity index (χ0) is 11.5. The minimum Gasteiger partial charge on any atom is -0.409 e. The molecular weight excluding hydrogens is 292 g/mol. The van der Waals surface area contributed by atoms with Gasteiger partial charge in [-0.25, -0.2) is 0 Å². The third-order valence-corrected chi connectivity index (χ3v) is 3.94. The maximum atomic E-state index is 8.72. The van der Waals surface area contributed by atoms with Gasteiger partial charge in [-0.3, -0.25) is 0 Å². The summed E-state index contributed by atoms with van der Waals surface area (Å²) in [6.45, 7) is 1.52. The van der Waals surface area contributed by atoms with Crippen molar-refractivity contribution < 1.29 is 9.94 Å². The van der Waals surface area contributed by atoms with Gasteiger partial charge in [0.1, 0.15) is 0 Å². The molecule has 1 fully saturated rings. The number of hydrogen-bond acceptors (Lipinski definition) is 4. The Morgan fingerprint density at radius 3 is 2.88 bits per heavy atom. The SMILES string of the molecule is N/C(=N/O)c1cc(Br)ccc1SC1COC1. The van der Waals surface area contributed by atoms with Crippen LogP contribution >= 0.6 is 27.7 Å². The monoisotopic (exact) mass is 302 g/mol. The standard InChI is InChI=1S/C10H11BrN2O2S/c11-6-1-2-9(16-7-4-15-5-7)8(3-6)10(12)13-14/h1-3,7,14H,4-5H2,(H2,12,13). The summed E-state index contributed by atoms with van der Waals surface area (Å²) in [5.41, 5.74) is 6.38. The fourth-order valence-electron chi connectivity index (χ4n) is 1.32. The number of ether oxygens (including phenoxy) is 1. The molecule has 1 aromatic carbocycles. The fourth-order valence-corrected chi connectivity index (χ4v) is 2.81. The van der Waals surface area contributed by atoms with E-state index >= 15 is 0 Å². The maximum absolute atomic E-state index is 8.72. The van der Waals surface area contributed by atoms with Crippen LogP contribution in [0.5, 0.6) is 0 Å². The molecular formula is C10H11BrN2O2S. The highest BCUT2D eigenvalue weighted by molar-refractivity contribution is 9.10. The van der Waals surface area contributed by atoms with E-state index in [0.717, 1.165) is 28.1 Å². The maximum Gasteiger partial charge on any atom is 0.171 e. The van der Waals surface area contributed by atoms with E-state index in [1.807, 2.05) is 18.2 Å². The highest BCUT2D eigenvalue weighted by atomic mass is 79.9. The predicted octanol–water partition coefficient (Wildman–Crippen LogP) is 2.03. The van der Waals surface area contributed by atoms with E-state index in [1.54, 1.807) is 11.8 Å². The molecule has 1 heterocycles. The molecule has 1 aliphatic rings. The number of amidine groups is 1. The highest BCUT2D eigenvalue weighted by Gasteiger charge is 2.21. The zero-order valence-electron chi connectivity index (χ0n) is 8.39. The van der Waals surface area contributed by atoms with Crippen molar-refractivity contribution in [3.63, 3.8) is 0 Å². The lowest BCUT2D eigenvalue weighted by Crippen LogP contribution is -2.30. The van der Waals surface area contributed by atoms with E-state index in [9.17, 15) is 0 Å². The Kier molecular flexibility index (Phi) is 3.73. The molecule has 1 aromatic rings. The summed E-state index contributed by atoms with van der Waals surface area (Å²) in [4.78, 5) is 1.01. The average molecular weight is 303 g/mol. The molecule has 1 aliphatic heterocycles. The van der Waals surface area contributed by atoms with Crippen LogP contribution in [0.4, 0.5) is 0 Å². The first kappa shape index (κ1) is 11.8. The van der Waals surface area contributed by atoms with Crippen LogP contribution in [0, 0.1) is 0 Å². The lowest BCUT2D eigenvalue weighted by atomic mass is 10.2. The molecule has 0 atom stereocenters. The molecule has 3 N–H and O–H groups in total. The summed E-state index contributed by atoms with van der Waals surface area (Å²) in [6, 6.07) is 5.74. The largest absolute Gasteiger partial charge is 0.409 e. The van der Waals surface area contributed by atoms with E-state index in [4.69, 9.17) is 15.7 Å². The van der Waals surface area contributed by atoms with Crippen LogP contribution in [-0.2, 0) is 4.74 Å². The molecule has 0 bridgehead atoms. The van der Waals surface area contributed by atoms with Crippen molar-refractivity contribution in [3.05, 3.63) is 28.2 Å². The predicted molar refractivity (Wildman–Crippen MR) is 67.1 cm³/mol. The summed E-state index contributed by atoms with van der Waals surface area (Å²) in [5.74, 6) is 0.129. The fraction of sp³-hybridized carbons (Fsp3) is 0.300. The molecule has 16 heavy (non-hydrogen) atoms. The Hall–Kier alpha value is -0.720. The molecule has 0 amide bonds. The number of thioether (sulfide) groups is 1. The molecule has 0 aliphatic carbocycles. The summed E-state index contributed by atoms with van der Waals surface area (Å²) >= 11 is 5.06. The number of rotatable bonds is 3. The van der Waals surface area contributed by atoms with E-state index in [1.165, 1.54) is 0 Å². The Balaban J connectivity index is 2.27. The lowest BCUT2D eigenvalue weighted by Gasteiger charge is -2.26. The van der Waals surface area contributed by atoms with E-state index in [2.05, 4.69) is 21.1 Å². The number of nitrogens with two attached hydrogens (primary N) is 1. The first-order valence-electron chi connectivity index (χ1n) is 4.72. The van der Waals surface area contributed by atoms with Crippen molar-refractivity contribution in [3.8, 4) is 0 Å². The van der Waals surface area contributed by atoms with Crippen LogP contribution in [0.2, 0.25) is 0 Å². The molecule has 4 nitrogen and oxygen atoms in total. The van der Waals surface area contributed by atoms with E-state index in [-0.39, 0.29) is 5.84 Å². The van der Waals surface area contributed by atoms with Gasteiger partial charge in [-0.05, 0) is 18.2 Å². The Morgan fingerprint density at radius 2 is 2.31 bits per heavy atom. The van der Waals surface area contributed by atoms with Crippen molar-refractivity contribution in [2.45, 2.75) is 10.1 Å². The van der Waals surface area contributed by atoms with Crippen LogP contribution in [0.3, 0.4) is 0 Å². The Morgan fingerprint density at radius 1 is 1.56 bits per heavy atom. The molecule has 0 spiro atoms. The van der Waals surface area contributed by atoms with Crippen LogP contribution in [-0.4, -0.2) is 29.5 Å². The summed E-state index contributed by atoms with van der Waals surface area (Å²) in [7, 11) is 0. The number of nitrogens with zero attached hydrogens (tertiary/aromatic N) is 1. The Bertz CT molecular complexity index is 421. The molecule has 0 radical (unpaired) electrons. The minimum atomic E-state index is 0.129. The van der Waals surface area contributed by atoms with Crippen molar-refractivity contribution in [1.29, 1.82) is 0 Å². The Labute approximate surface area is 106 Å². The number of oxime groups is 1. The molecule has 2 rings (SSSR count). The normalized spacial score (nSPS) is 17.2. The molecule has 0 saturated carbocycles. The van der Waals surface area contributed by atoms with E-state index < -0.39 is 0 Å². The van der Waals surface area contributed by atoms with Gasteiger partial charge in [0.15, 0.2) is 5.84 Å². The summed E-state index contributed by atoms with van der Waals surface area (Å²) in [6.07, 6.45) is 0. The highest BCUT2D eigenvalue weighted by Crippen LogP contribution is 2.32. The van der Waals surface area contributed by atoms with Gasteiger partial charge in [-0.2, -0.15) is 0 Å². The second-order valence-electron chi connectivity index (χ2n) is 3.40. The third-order valence-electron chi connectivity index (χ3n) is 2.23. The molecule has 0 aromatic heterocycles. The van der Waals surface area contributed by atoms with Gasteiger partial charge in [0, 0.05) is 14.9 Å². The van der Waals surface area contributed by atoms with Crippen molar-refractivity contribution >= 4 is 33.5 Å². The van der Waals surface area contributed by atoms with E-state index in [0.29, 0.717) is 5.25 Å². The zero-order valence-corrected chi connectivity index (χ0v) is 10.8. The van der Waals surface area contributed by atoms with Gasteiger partial charge < -0.3 is 15.7 Å². The van der Waals surface area contributed by atoms with Crippen LogP contribution in [0.1, 0.15) is 5.56 Å². The number of benzene rings is 1. The van der Waals surface area contributed by atoms with Gasteiger partial charge in [-0.15, -0.1) is 11.8 Å². The van der Waals surface area contributed by atoms with Crippen LogP contribution < -0.4 is 5.73 Å². The van der Waals surface area contributed by atoms with Gasteiger partial charge in [0.05, 0.1) is 18.5 Å². The lowest BCUT2D eigenvalue weighted by molar-refractivity contribution is 0.0455. The number of halogens is 1. The van der Waals surface area contributed by atoms with Gasteiger partial charge >= 0.3 is 0 Å². The van der Waals surface area contributed by atoms with Crippen LogP contribution in [0.25, 0.3) is 0 Å². The summed E-state index contributed by atoms with van der Waals surface area (Å²) < 4.78 is 6.02. The number of hydrogen-bond donors (Lipinski definition) is 2. The summed E-state index contributed by atoms with van der Waals surface area (Å²) in [5, 5.41) is 12.2. The van der Waals surface area contributed by atoms with Crippen molar-refractivity contribution in [2.24, 2.45) is 10.9 Å². The molecule has 86 valence electrons. The quantitative estimate of drug-likeness (QED) is 0.388. The molecule has 0 unspecified atom stereocenters. The van der Waals surface area contributed by atoms with Gasteiger partial charge in [-0.1, -0.05) is 21.1 Å². The third kappa shape index (κ3) is 2.50. The first-order valence-corrected chi connectivity index (χ1v) is 6.40. The van der Waals surface area contributed by atoms with Crippen LogP contribution in [0.15, 0.2) is 32.7 Å². The van der Waals surface area contributed by atoms with Crippen molar-refractivity contribution in [2.75, 3.05) is 13.2 Å². The second kappa shape index (κ2) is 5.07. The van der Waals surface area contributed by atoms with Gasteiger partial charge in [0.25, 0.3) is 0 Å². The first-order chi connectivity index (χ1) is 7.70. The topological polar surface area (TPSA) is 67.8 Å². The average Bonchev–Trinajstić information content (AvgIpc) is 2.23. The molecule has 1 saturated heterocycles. The second-order valence-corrected chi connectivity index (χ2v) is 5.66. The molecule has 6 heteroatoms. The van der Waals surface area contributed by atoms with Crippen molar-refractivity contribution in [1.82, 2.24) is 0 Å². The minimum absolute atomic E-state index is 0.129. The smallest absolute Gasteiger partial charge is 0.171 e. The van der Waals surface area contributed by atoms with Gasteiger partial charge in [0.2, 0.25) is 0 Å².